The van der Waals surface area contributed by atoms with E-state index in [2.05, 4.69) is 11.3 Å². The summed E-state index contributed by atoms with van der Waals surface area (Å²) in [5.41, 5.74) is 0.843. The summed E-state index contributed by atoms with van der Waals surface area (Å²) in [7, 11) is 0. The zero-order chi connectivity index (χ0) is 9.40. The van der Waals surface area contributed by atoms with Crippen LogP contribution in [0.4, 0.5) is 4.79 Å². The van der Waals surface area contributed by atoms with Crippen LogP contribution in [0.25, 0.3) is 0 Å². The average Bonchev–Trinajstić information content (AvgIpc) is 2.01. The van der Waals surface area contributed by atoms with Crippen LogP contribution in [-0.2, 0) is 4.74 Å². The first kappa shape index (κ1) is 10.5. The lowest BCUT2D eigenvalue weighted by Gasteiger charge is -1.97. The van der Waals surface area contributed by atoms with Crippen LogP contribution in [-0.4, -0.2) is 17.9 Å². The maximum Gasteiger partial charge on any atom is 0.506 e. The second-order valence-corrected chi connectivity index (χ2v) is 2.19. The van der Waals surface area contributed by atoms with Crippen molar-refractivity contribution >= 4 is 6.16 Å². The van der Waals surface area contributed by atoms with Gasteiger partial charge in [0.2, 0.25) is 0 Å². The van der Waals surface area contributed by atoms with E-state index in [-0.39, 0.29) is 6.61 Å². The second kappa shape index (κ2) is 6.22. The van der Waals surface area contributed by atoms with E-state index in [0.717, 1.165) is 5.57 Å². The lowest BCUT2D eigenvalue weighted by Crippen LogP contribution is -2.02. The van der Waals surface area contributed by atoms with Crippen molar-refractivity contribution in [1.29, 1.82) is 0 Å². The van der Waals surface area contributed by atoms with Crippen LogP contribution in [0.2, 0.25) is 0 Å². The Labute approximate surface area is 71.7 Å². The van der Waals surface area contributed by atoms with Gasteiger partial charge < -0.3 is 9.84 Å². The molecule has 0 heterocycles. The highest BCUT2D eigenvalue weighted by molar-refractivity contribution is 5.57. The van der Waals surface area contributed by atoms with Gasteiger partial charge in [-0.2, -0.15) is 0 Å². The van der Waals surface area contributed by atoms with Gasteiger partial charge in [0, 0.05) is 0 Å². The Balaban J connectivity index is 3.77. The van der Waals surface area contributed by atoms with Gasteiger partial charge in [-0.05, 0) is 12.5 Å². The van der Waals surface area contributed by atoms with Gasteiger partial charge in [0.05, 0.1) is 0 Å². The summed E-state index contributed by atoms with van der Waals surface area (Å²) >= 11 is 0. The van der Waals surface area contributed by atoms with Crippen molar-refractivity contribution in [1.82, 2.24) is 0 Å². The number of hydrogen-bond acceptors (Lipinski definition) is 2. The standard InChI is InChI=1S/C9H12O3/c1-3-4-5-6-8(2)7-12-9(10)11/h3-6H,1,7H2,2H3,(H,10,11)/b5-4-,8-6+. The Morgan fingerprint density at radius 2 is 2.25 bits per heavy atom. The molecule has 3 heteroatoms. The summed E-state index contributed by atoms with van der Waals surface area (Å²) in [5.74, 6) is 0. The molecule has 0 aromatic carbocycles. The van der Waals surface area contributed by atoms with Gasteiger partial charge in [0.15, 0.2) is 0 Å². The second-order valence-electron chi connectivity index (χ2n) is 2.19. The molecule has 66 valence electrons. The van der Waals surface area contributed by atoms with Crippen molar-refractivity contribution in [3.8, 4) is 0 Å². The smallest absolute Gasteiger partial charge is 0.450 e. The fourth-order valence-electron chi connectivity index (χ4n) is 0.522. The third kappa shape index (κ3) is 6.61. The van der Waals surface area contributed by atoms with Crippen LogP contribution in [0.15, 0.2) is 36.5 Å². The molecule has 0 aromatic heterocycles. The van der Waals surface area contributed by atoms with Crippen LogP contribution in [0.5, 0.6) is 0 Å². The third-order valence-electron chi connectivity index (χ3n) is 1.05. The Kier molecular flexibility index (Phi) is 5.43. The normalized spacial score (nSPS) is 11.6. The highest BCUT2D eigenvalue weighted by Crippen LogP contribution is 1.94. The monoisotopic (exact) mass is 168 g/mol. The molecule has 0 aliphatic rings. The Morgan fingerprint density at radius 3 is 2.75 bits per heavy atom. The Morgan fingerprint density at radius 1 is 1.58 bits per heavy atom. The van der Waals surface area contributed by atoms with Crippen molar-refractivity contribution in [3.05, 3.63) is 36.5 Å². The van der Waals surface area contributed by atoms with Crippen molar-refractivity contribution in [3.63, 3.8) is 0 Å². The molecule has 0 spiro atoms. The van der Waals surface area contributed by atoms with E-state index in [4.69, 9.17) is 5.11 Å². The Hall–Kier alpha value is -1.51. The predicted octanol–water partition coefficient (Wildman–Crippen LogP) is 2.37. The fourth-order valence-corrected chi connectivity index (χ4v) is 0.522. The maximum absolute atomic E-state index is 9.95. The van der Waals surface area contributed by atoms with Gasteiger partial charge >= 0.3 is 6.16 Å². The van der Waals surface area contributed by atoms with Gasteiger partial charge in [0.1, 0.15) is 6.61 Å². The molecule has 0 atom stereocenters. The molecule has 1 N–H and O–H groups in total. The van der Waals surface area contributed by atoms with E-state index in [1.54, 1.807) is 31.2 Å². The maximum atomic E-state index is 9.95. The lowest BCUT2D eigenvalue weighted by atomic mass is 10.3. The summed E-state index contributed by atoms with van der Waals surface area (Å²) in [4.78, 5) is 9.95. The van der Waals surface area contributed by atoms with E-state index < -0.39 is 6.16 Å². The number of rotatable bonds is 4. The highest BCUT2D eigenvalue weighted by atomic mass is 16.7. The van der Waals surface area contributed by atoms with E-state index in [9.17, 15) is 4.79 Å². The minimum atomic E-state index is -1.25. The summed E-state index contributed by atoms with van der Waals surface area (Å²) in [6.07, 6.45) is 5.68. The van der Waals surface area contributed by atoms with Crippen LogP contribution in [0.3, 0.4) is 0 Å². The van der Waals surface area contributed by atoms with Crippen molar-refractivity contribution in [2.75, 3.05) is 6.61 Å². The summed E-state index contributed by atoms with van der Waals surface area (Å²) in [6.45, 7) is 5.39. The van der Waals surface area contributed by atoms with Gasteiger partial charge in [-0.3, -0.25) is 0 Å². The molecule has 3 nitrogen and oxygen atoms in total. The first-order valence-corrected chi connectivity index (χ1v) is 3.47. The molecule has 0 unspecified atom stereocenters. The topological polar surface area (TPSA) is 46.5 Å². The van der Waals surface area contributed by atoms with Crippen molar-refractivity contribution < 1.29 is 14.6 Å². The minimum absolute atomic E-state index is 0.108. The van der Waals surface area contributed by atoms with E-state index in [0.29, 0.717) is 0 Å². The molecule has 0 amide bonds. The van der Waals surface area contributed by atoms with Crippen LogP contribution in [0.1, 0.15) is 6.92 Å². The van der Waals surface area contributed by atoms with E-state index in [1.165, 1.54) is 0 Å². The zero-order valence-electron chi connectivity index (χ0n) is 6.99. The molecular weight excluding hydrogens is 156 g/mol. The molecule has 12 heavy (non-hydrogen) atoms. The van der Waals surface area contributed by atoms with Crippen molar-refractivity contribution in [2.24, 2.45) is 0 Å². The fraction of sp³-hybridized carbons (Fsp3) is 0.222. The van der Waals surface area contributed by atoms with Gasteiger partial charge in [-0.15, -0.1) is 0 Å². The van der Waals surface area contributed by atoms with Crippen LogP contribution >= 0.6 is 0 Å². The molecular formula is C9H12O3. The van der Waals surface area contributed by atoms with E-state index in [1.807, 2.05) is 0 Å². The molecule has 0 fully saturated rings. The van der Waals surface area contributed by atoms with Crippen LogP contribution < -0.4 is 0 Å². The number of hydrogen-bond donors (Lipinski definition) is 1. The molecule has 0 bridgehead atoms. The molecule has 0 saturated carbocycles. The number of carbonyl (C=O) groups is 1. The van der Waals surface area contributed by atoms with Crippen molar-refractivity contribution in [2.45, 2.75) is 6.92 Å². The SMILES string of the molecule is C=C/C=C\C=C(/C)COC(=O)O. The number of ether oxygens (including phenoxy) is 1. The summed E-state index contributed by atoms with van der Waals surface area (Å²) < 4.78 is 4.32. The van der Waals surface area contributed by atoms with Gasteiger partial charge in [0.25, 0.3) is 0 Å². The molecule has 0 radical (unpaired) electrons. The highest BCUT2D eigenvalue weighted by Gasteiger charge is 1.94. The Bertz CT molecular complexity index is 214. The zero-order valence-corrected chi connectivity index (χ0v) is 6.99. The molecule has 0 aromatic rings. The summed E-state index contributed by atoms with van der Waals surface area (Å²) in [5, 5.41) is 8.15. The first-order chi connectivity index (χ1) is 5.66. The van der Waals surface area contributed by atoms with E-state index >= 15 is 0 Å². The summed E-state index contributed by atoms with van der Waals surface area (Å²) in [6, 6.07) is 0. The number of allylic oxidation sites excluding steroid dienone is 4. The number of carboxylic acid groups (broad SMARTS) is 1. The lowest BCUT2D eigenvalue weighted by molar-refractivity contribution is 0.0997. The van der Waals surface area contributed by atoms with Gasteiger partial charge in [-0.1, -0.05) is 30.9 Å². The van der Waals surface area contributed by atoms with Gasteiger partial charge in [-0.25, -0.2) is 4.79 Å². The molecule has 0 saturated heterocycles. The molecule has 0 aliphatic heterocycles. The third-order valence-corrected chi connectivity index (χ3v) is 1.05. The minimum Gasteiger partial charge on any atom is -0.450 e. The molecule has 0 aliphatic carbocycles. The molecule has 0 rings (SSSR count). The quantitative estimate of drug-likeness (QED) is 0.517. The largest absolute Gasteiger partial charge is 0.506 e. The average molecular weight is 168 g/mol. The van der Waals surface area contributed by atoms with Crippen LogP contribution in [0, 0.1) is 0 Å². The predicted molar refractivity (Wildman–Crippen MR) is 47.1 cm³/mol. The first-order valence-electron chi connectivity index (χ1n) is 3.47.